The maximum Gasteiger partial charge on any atom is 0.121 e. The molecule has 0 amide bonds. The first-order valence-electron chi connectivity index (χ1n) is 25.4. The summed E-state index contributed by atoms with van der Waals surface area (Å²) in [6.45, 7) is 15.8. The van der Waals surface area contributed by atoms with Gasteiger partial charge < -0.3 is 13.6 Å². The Morgan fingerprint density at radius 1 is 0.493 bits per heavy atom. The van der Waals surface area contributed by atoms with Crippen LogP contribution in [0.2, 0.25) is 0 Å². The van der Waals surface area contributed by atoms with Crippen molar-refractivity contribution in [3.8, 4) is 45.3 Å². The zero-order valence-electron chi connectivity index (χ0n) is 43.4. The number of rotatable bonds is 9. The molecule has 3 aromatic heterocycles. The fraction of sp³-hybridized carbons (Fsp3) is 0.206. The van der Waals surface area contributed by atoms with Crippen molar-refractivity contribution in [1.82, 2.24) is 19.1 Å². The molecule has 0 spiro atoms. The average Bonchev–Trinajstić information content (AvgIpc) is 4.07. The summed E-state index contributed by atoms with van der Waals surface area (Å²) in [6, 6.07) is 62.4. The molecule has 11 aromatic rings. The molecule has 0 saturated carbocycles. The second kappa shape index (κ2) is 19.6. The molecule has 1 radical (unpaired) electrons. The molecule has 347 valence electrons. The molecule has 0 atom stereocenters. The maximum absolute atomic E-state index is 7.90. The fourth-order valence-electron chi connectivity index (χ4n) is 9.68. The van der Waals surface area contributed by atoms with Crippen LogP contribution in [0, 0.1) is 19.0 Å². The van der Waals surface area contributed by atoms with Gasteiger partial charge in [-0.05, 0) is 112 Å². The predicted molar refractivity (Wildman–Crippen MR) is 284 cm³/mol. The van der Waals surface area contributed by atoms with Gasteiger partial charge in [0.1, 0.15) is 5.58 Å². The van der Waals surface area contributed by atoms with Gasteiger partial charge in [-0.1, -0.05) is 151 Å². The third-order valence-corrected chi connectivity index (χ3v) is 13.0. The molecule has 0 aliphatic rings. The molecular weight excluding hydrogens is 1020 g/mol. The predicted octanol–water partition coefficient (Wildman–Crippen LogP) is 17.4. The number of benzene rings is 8. The van der Waals surface area contributed by atoms with Gasteiger partial charge in [0, 0.05) is 41.0 Å². The van der Waals surface area contributed by atoms with Gasteiger partial charge in [-0.2, -0.15) is 0 Å². The molecule has 0 aliphatic carbocycles. The van der Waals surface area contributed by atoms with Crippen molar-refractivity contribution in [2.75, 3.05) is 0 Å². The molecule has 5 nitrogen and oxygen atoms in total. The van der Waals surface area contributed by atoms with Crippen LogP contribution in [0.4, 0.5) is 0 Å². The van der Waals surface area contributed by atoms with Crippen LogP contribution in [0.15, 0.2) is 168 Å². The van der Waals surface area contributed by atoms with Crippen molar-refractivity contribution in [1.29, 1.82) is 0 Å². The number of hydrogen-bond acceptors (Lipinski definition) is 3. The van der Waals surface area contributed by atoms with Gasteiger partial charge in [-0.25, -0.2) is 0 Å². The van der Waals surface area contributed by atoms with Crippen molar-refractivity contribution in [2.45, 2.75) is 85.9 Å². The van der Waals surface area contributed by atoms with E-state index in [1.165, 1.54) is 39.1 Å². The number of imidazole rings is 2. The van der Waals surface area contributed by atoms with E-state index >= 15 is 0 Å². The number of furan rings is 1. The smallest absolute Gasteiger partial charge is 0.121 e. The molecule has 0 N–H and O–H groups in total. The van der Waals surface area contributed by atoms with Crippen LogP contribution >= 0.6 is 0 Å². The van der Waals surface area contributed by atoms with Crippen LogP contribution < -0.4 is 0 Å². The van der Waals surface area contributed by atoms with Crippen LogP contribution in [0.5, 0.6) is 0 Å². The fourth-order valence-corrected chi connectivity index (χ4v) is 9.68. The van der Waals surface area contributed by atoms with Crippen molar-refractivity contribution in [3.63, 3.8) is 0 Å². The van der Waals surface area contributed by atoms with Crippen LogP contribution in [0.3, 0.4) is 0 Å². The van der Waals surface area contributed by atoms with Crippen molar-refractivity contribution in [2.24, 2.45) is 0 Å². The summed E-state index contributed by atoms with van der Waals surface area (Å²) < 4.78 is 34.8. The summed E-state index contributed by atoms with van der Waals surface area (Å²) in [5, 5.41) is 1.76. The summed E-state index contributed by atoms with van der Waals surface area (Å²) in [5.41, 5.74) is 17.2. The number of nitrogens with zero attached hydrogens (tertiary/aromatic N) is 4. The van der Waals surface area contributed by atoms with E-state index in [0.29, 0.717) is 23.0 Å². The van der Waals surface area contributed by atoms with Crippen molar-refractivity contribution < 1.29 is 28.6 Å². The summed E-state index contributed by atoms with van der Waals surface area (Å²) >= 11 is 0. The summed E-state index contributed by atoms with van der Waals surface area (Å²) in [7, 11) is 0. The zero-order valence-corrected chi connectivity index (χ0v) is 42.8. The molecular formula is C63H58IrN4O-2. The molecule has 6 heteroatoms. The Hall–Kier alpha value is -6.85. The third kappa shape index (κ3) is 8.77. The number of aromatic nitrogens is 4. The normalized spacial score (nSPS) is 12.5. The molecule has 0 unspecified atom stereocenters. The summed E-state index contributed by atoms with van der Waals surface area (Å²) in [6.07, 6.45) is 0. The third-order valence-electron chi connectivity index (χ3n) is 13.0. The van der Waals surface area contributed by atoms with Gasteiger partial charge in [-0.15, -0.1) is 54.1 Å². The van der Waals surface area contributed by atoms with Gasteiger partial charge >= 0.3 is 0 Å². The molecule has 0 saturated heterocycles. The Balaban J connectivity index is 0.000000196. The summed E-state index contributed by atoms with van der Waals surface area (Å²) in [4.78, 5) is 10.2. The van der Waals surface area contributed by atoms with Gasteiger partial charge in [0.15, 0.2) is 0 Å². The van der Waals surface area contributed by atoms with Crippen LogP contribution in [-0.4, -0.2) is 19.1 Å². The van der Waals surface area contributed by atoms with E-state index in [-0.39, 0.29) is 37.5 Å². The quantitative estimate of drug-likeness (QED) is 0.135. The van der Waals surface area contributed by atoms with Crippen LogP contribution in [-0.2, 0) is 20.1 Å². The number of hydrogen-bond donors (Lipinski definition) is 0. The van der Waals surface area contributed by atoms with Crippen molar-refractivity contribution in [3.05, 3.63) is 204 Å². The van der Waals surface area contributed by atoms with E-state index in [4.69, 9.17) is 18.5 Å². The molecule has 0 bridgehead atoms. The Morgan fingerprint density at radius 2 is 1.06 bits per heavy atom. The topological polar surface area (TPSA) is 48.8 Å². The minimum atomic E-state index is -2.22. The van der Waals surface area contributed by atoms with E-state index < -0.39 is 6.85 Å². The zero-order chi connectivity index (χ0) is 49.7. The Morgan fingerprint density at radius 3 is 1.65 bits per heavy atom. The second-order valence-electron chi connectivity index (χ2n) is 19.0. The standard InChI is InChI=1S/C38H33N2O.C25H25N2.Ir/c1-23(2)31-21-27(26-12-7-6-8-13-26)22-32(24(3)4)36(31)40-34-17-10-9-16-33(34)39-38(40)30-15-11-14-29-28-19-18-25(5)20-35(28)41-37(29)30;1-17(2)20-13-10-14-21(18(3)4)24(20)27-23-16-9-8-15-22(23)26-25(27)19-11-6-5-7-12-19;/h6-14,16-24H,1-5H3;5-11,13-18H,1-4H3;/q2*-1;/i5D3;;. The monoisotopic (exact) mass is 1080 g/mol. The number of para-hydroxylation sites is 5. The maximum atomic E-state index is 7.90. The van der Waals surface area contributed by atoms with Crippen LogP contribution in [0.1, 0.15) is 111 Å². The number of aryl methyl sites for hydroxylation is 1. The Kier molecular flexibility index (Phi) is 12.4. The molecule has 11 rings (SSSR count). The Labute approximate surface area is 424 Å². The summed E-state index contributed by atoms with van der Waals surface area (Å²) in [5.74, 6) is 3.02. The van der Waals surface area contributed by atoms with E-state index in [9.17, 15) is 0 Å². The molecule has 69 heavy (non-hydrogen) atoms. The minimum absolute atomic E-state index is 0. The van der Waals surface area contributed by atoms with Gasteiger partial charge in [-0.3, -0.25) is 9.97 Å². The van der Waals surface area contributed by atoms with Gasteiger partial charge in [0.2, 0.25) is 0 Å². The van der Waals surface area contributed by atoms with E-state index in [1.807, 2.05) is 54.6 Å². The van der Waals surface area contributed by atoms with E-state index in [0.717, 1.165) is 61.3 Å². The van der Waals surface area contributed by atoms with Crippen LogP contribution in [0.25, 0.3) is 89.3 Å². The van der Waals surface area contributed by atoms with Gasteiger partial charge in [0.05, 0.1) is 39.3 Å². The van der Waals surface area contributed by atoms with Crippen molar-refractivity contribution >= 4 is 44.0 Å². The minimum Gasteiger partial charge on any atom is -0.501 e. The Bertz CT molecular complexity index is 3660. The van der Waals surface area contributed by atoms with E-state index in [2.05, 4.69) is 174 Å². The first-order valence-corrected chi connectivity index (χ1v) is 23.9. The first kappa shape index (κ1) is 43.4. The SMILES string of the molecule is CC(C)c1cccc(C(C)C)c1-n1c(-c2[c-]cccc2)nc2ccccc21.[2H]C([2H])([2H])c1ccc2c(c1)oc1c(-c3nc4ccccc4n3-c3c(C(C)C)cc(-c4ccccc4)cc3C(C)C)[c-]ccc12.[Ir]. The van der Waals surface area contributed by atoms with E-state index in [1.54, 1.807) is 12.1 Å². The van der Waals surface area contributed by atoms with Gasteiger partial charge in [0.25, 0.3) is 0 Å². The average molecular weight is 1080 g/mol. The number of fused-ring (bicyclic) bond motifs is 5. The second-order valence-corrected chi connectivity index (χ2v) is 19.0. The molecule has 0 aliphatic heterocycles. The first-order chi connectivity index (χ1) is 34.2. The molecule has 8 aromatic carbocycles. The largest absolute Gasteiger partial charge is 0.501 e. The molecule has 3 heterocycles. The molecule has 0 fully saturated rings.